The lowest BCUT2D eigenvalue weighted by molar-refractivity contribution is 0.253. The first-order valence-corrected chi connectivity index (χ1v) is 12.8. The highest BCUT2D eigenvalue weighted by molar-refractivity contribution is 5.98. The fourth-order valence-electron chi connectivity index (χ4n) is 5.44. The van der Waals surface area contributed by atoms with Gasteiger partial charge in [0.25, 0.3) is 0 Å². The molecule has 1 fully saturated rings. The predicted octanol–water partition coefficient (Wildman–Crippen LogP) is 6.92. The molecule has 0 amide bonds. The molecular weight excluding hydrogens is 454 g/mol. The monoisotopic (exact) mass is 481 g/mol. The third kappa shape index (κ3) is 3.62. The van der Waals surface area contributed by atoms with Crippen LogP contribution in [0.25, 0.3) is 50.3 Å². The Labute approximate surface area is 215 Å². The Bertz CT molecular complexity index is 1760. The molecule has 0 atom stereocenters. The van der Waals surface area contributed by atoms with Gasteiger partial charge in [0, 0.05) is 33.8 Å². The Hall–Kier alpha value is -4.35. The maximum Gasteiger partial charge on any atom is 0.170 e. The Morgan fingerprint density at radius 1 is 0.784 bits per heavy atom. The van der Waals surface area contributed by atoms with Crippen LogP contribution in [-0.4, -0.2) is 19.6 Å². The molecule has 6 aromatic rings. The topological polar surface area (TPSA) is 69.1 Å². The summed E-state index contributed by atoms with van der Waals surface area (Å²) in [7, 11) is 0. The summed E-state index contributed by atoms with van der Waals surface area (Å²) < 4.78 is 2.06. The van der Waals surface area contributed by atoms with E-state index in [1.165, 1.54) is 17.5 Å². The molecule has 1 saturated carbocycles. The maximum absolute atomic E-state index is 6.58. The first kappa shape index (κ1) is 21.9. The van der Waals surface area contributed by atoms with Crippen molar-refractivity contribution in [3.63, 3.8) is 0 Å². The van der Waals surface area contributed by atoms with Crippen molar-refractivity contribution in [2.45, 2.75) is 31.7 Å². The average molecular weight is 482 g/mol. The Morgan fingerprint density at radius 3 is 2.30 bits per heavy atom. The molecule has 5 nitrogen and oxygen atoms in total. The summed E-state index contributed by atoms with van der Waals surface area (Å²) in [5, 5.41) is 10.1. The Kier molecular flexibility index (Phi) is 4.94. The normalized spacial score (nSPS) is 14.6. The fourth-order valence-corrected chi connectivity index (χ4v) is 5.44. The minimum atomic E-state index is -0.175. The second kappa shape index (κ2) is 8.36. The maximum atomic E-state index is 6.58. The van der Waals surface area contributed by atoms with Crippen LogP contribution in [0.15, 0.2) is 97.2 Å². The number of aromatic nitrogens is 4. The van der Waals surface area contributed by atoms with E-state index in [9.17, 15) is 0 Å². The Balaban J connectivity index is 1.42. The van der Waals surface area contributed by atoms with Crippen LogP contribution in [0.5, 0.6) is 0 Å². The number of benzene rings is 3. The van der Waals surface area contributed by atoms with Gasteiger partial charge in [-0.2, -0.15) is 0 Å². The summed E-state index contributed by atoms with van der Waals surface area (Å²) in [6, 6.07) is 31.7. The zero-order valence-corrected chi connectivity index (χ0v) is 20.7. The van der Waals surface area contributed by atoms with Crippen LogP contribution in [0, 0.1) is 6.92 Å². The summed E-state index contributed by atoms with van der Waals surface area (Å²) in [6.07, 6.45) is 5.32. The molecule has 0 unspecified atom stereocenters. The van der Waals surface area contributed by atoms with Gasteiger partial charge in [-0.1, -0.05) is 78.4 Å². The smallest absolute Gasteiger partial charge is 0.170 e. The third-order valence-electron chi connectivity index (χ3n) is 7.71. The lowest BCUT2D eigenvalue weighted by Crippen LogP contribution is -2.43. The molecule has 1 aliphatic rings. The van der Waals surface area contributed by atoms with Gasteiger partial charge in [-0.3, -0.25) is 4.40 Å². The van der Waals surface area contributed by atoms with E-state index in [-0.39, 0.29) is 5.54 Å². The van der Waals surface area contributed by atoms with Crippen LogP contribution in [0.1, 0.15) is 30.4 Å². The molecule has 0 bridgehead atoms. The van der Waals surface area contributed by atoms with Crippen molar-refractivity contribution in [2.75, 3.05) is 0 Å². The average Bonchev–Trinajstić information content (AvgIpc) is 3.36. The lowest BCUT2D eigenvalue weighted by atomic mass is 9.72. The number of nitrogens with two attached hydrogens (primary N) is 1. The first-order chi connectivity index (χ1) is 18.1. The number of hydrogen-bond acceptors (Lipinski definition) is 4. The van der Waals surface area contributed by atoms with E-state index in [0.717, 1.165) is 63.2 Å². The van der Waals surface area contributed by atoms with Crippen molar-refractivity contribution in [3.8, 4) is 33.8 Å². The van der Waals surface area contributed by atoms with Crippen LogP contribution < -0.4 is 5.73 Å². The molecular formula is C32H27N5. The molecule has 37 heavy (non-hydrogen) atoms. The molecule has 0 spiro atoms. The summed E-state index contributed by atoms with van der Waals surface area (Å²) in [4.78, 5) is 5.18. The van der Waals surface area contributed by atoms with Gasteiger partial charge in [-0.15, -0.1) is 10.2 Å². The van der Waals surface area contributed by atoms with Crippen LogP contribution in [-0.2, 0) is 5.54 Å². The van der Waals surface area contributed by atoms with E-state index < -0.39 is 0 Å². The van der Waals surface area contributed by atoms with E-state index in [0.29, 0.717) is 0 Å². The van der Waals surface area contributed by atoms with Crippen molar-refractivity contribution in [1.29, 1.82) is 0 Å². The second-order valence-electron chi connectivity index (χ2n) is 10.2. The van der Waals surface area contributed by atoms with Crippen molar-refractivity contribution >= 4 is 16.6 Å². The first-order valence-electron chi connectivity index (χ1n) is 12.8. The minimum Gasteiger partial charge on any atom is -0.321 e. The molecule has 0 radical (unpaired) electrons. The summed E-state index contributed by atoms with van der Waals surface area (Å²) in [5.41, 5.74) is 15.8. The number of pyridine rings is 2. The SMILES string of the molecule is Cc1cccc(-c2nnc3c4cc(-c5ccccc5)c(-c5ccc(C6(N)CCC6)cc5)nc4ccn23)c1. The van der Waals surface area contributed by atoms with Gasteiger partial charge in [0.15, 0.2) is 11.5 Å². The lowest BCUT2D eigenvalue weighted by Gasteiger charge is -2.38. The van der Waals surface area contributed by atoms with E-state index in [1.807, 2.05) is 12.3 Å². The molecule has 3 heterocycles. The zero-order chi connectivity index (χ0) is 25.0. The molecule has 3 aromatic heterocycles. The number of aryl methyl sites for hydroxylation is 1. The highest BCUT2D eigenvalue weighted by Crippen LogP contribution is 2.40. The van der Waals surface area contributed by atoms with Gasteiger partial charge >= 0.3 is 0 Å². The van der Waals surface area contributed by atoms with Gasteiger partial charge in [0.05, 0.1) is 11.2 Å². The van der Waals surface area contributed by atoms with Crippen molar-refractivity contribution in [1.82, 2.24) is 19.6 Å². The van der Waals surface area contributed by atoms with Crippen LogP contribution in [0.2, 0.25) is 0 Å². The molecule has 180 valence electrons. The molecule has 5 heteroatoms. The second-order valence-corrected chi connectivity index (χ2v) is 10.2. The highest BCUT2D eigenvalue weighted by atomic mass is 15.2. The van der Waals surface area contributed by atoms with E-state index in [1.54, 1.807) is 0 Å². The van der Waals surface area contributed by atoms with Gasteiger partial charge < -0.3 is 5.73 Å². The summed E-state index contributed by atoms with van der Waals surface area (Å²) >= 11 is 0. The minimum absolute atomic E-state index is 0.175. The number of fused-ring (bicyclic) bond motifs is 3. The van der Waals surface area contributed by atoms with Gasteiger partial charge in [-0.25, -0.2) is 4.98 Å². The van der Waals surface area contributed by atoms with Crippen molar-refractivity contribution in [2.24, 2.45) is 5.73 Å². The molecule has 3 aromatic carbocycles. The van der Waals surface area contributed by atoms with Gasteiger partial charge in [-0.05, 0) is 55.5 Å². The summed E-state index contributed by atoms with van der Waals surface area (Å²) in [6.45, 7) is 2.09. The largest absolute Gasteiger partial charge is 0.321 e. The summed E-state index contributed by atoms with van der Waals surface area (Å²) in [5.74, 6) is 0.827. The number of hydrogen-bond donors (Lipinski definition) is 1. The van der Waals surface area contributed by atoms with Crippen molar-refractivity contribution < 1.29 is 0 Å². The van der Waals surface area contributed by atoms with Crippen LogP contribution in [0.4, 0.5) is 0 Å². The molecule has 0 saturated heterocycles. The van der Waals surface area contributed by atoms with Gasteiger partial charge in [0.1, 0.15) is 0 Å². The fraction of sp³-hybridized carbons (Fsp3) is 0.156. The number of nitrogens with zero attached hydrogens (tertiary/aromatic N) is 4. The van der Waals surface area contributed by atoms with Crippen molar-refractivity contribution in [3.05, 3.63) is 108 Å². The molecule has 7 rings (SSSR count). The quantitative estimate of drug-likeness (QED) is 0.297. The van der Waals surface area contributed by atoms with E-state index >= 15 is 0 Å². The third-order valence-corrected chi connectivity index (χ3v) is 7.71. The van der Waals surface area contributed by atoms with E-state index in [4.69, 9.17) is 10.7 Å². The van der Waals surface area contributed by atoms with Gasteiger partial charge in [0.2, 0.25) is 0 Å². The Morgan fingerprint density at radius 2 is 1.57 bits per heavy atom. The van der Waals surface area contributed by atoms with Crippen LogP contribution >= 0.6 is 0 Å². The van der Waals surface area contributed by atoms with E-state index in [2.05, 4.69) is 106 Å². The van der Waals surface area contributed by atoms with Crippen LogP contribution in [0.3, 0.4) is 0 Å². The molecule has 2 N–H and O–H groups in total. The zero-order valence-electron chi connectivity index (χ0n) is 20.7. The predicted molar refractivity (Wildman–Crippen MR) is 149 cm³/mol. The molecule has 0 aliphatic heterocycles. The highest BCUT2D eigenvalue weighted by Gasteiger charge is 2.34. The standard InChI is InChI=1S/C32H27N5/c1-21-7-5-10-24(19-21)30-35-36-31-27-20-26(22-8-3-2-4-9-22)29(34-28(27)15-18-37(30)31)23-11-13-25(14-12-23)32(33)16-6-17-32/h2-5,7-15,18-20H,6,16-17,33H2,1H3. The molecule has 1 aliphatic carbocycles. The number of rotatable bonds is 4.